The first-order chi connectivity index (χ1) is 30.3. The largest absolute Gasteiger partial charge is 0.483 e. The fraction of sp³-hybridized carbons (Fsp3) is 0.255. The molecule has 0 radical (unpaired) electrons. The fourth-order valence-electron chi connectivity index (χ4n) is 4.75. The summed E-state index contributed by atoms with van der Waals surface area (Å²) in [6, 6.07) is 32.0. The van der Waals surface area contributed by atoms with Crippen LogP contribution in [0.4, 0.5) is 0 Å². The molecule has 0 amide bonds. The molecule has 62 heavy (non-hydrogen) atoms. The van der Waals surface area contributed by atoms with Gasteiger partial charge in [0, 0.05) is 49.6 Å². The molecule has 0 bridgehead atoms. The molecule has 1 unspecified atom stereocenters. The number of aliphatic hydroxyl groups is 1. The minimum Gasteiger partial charge on any atom is -0.483 e. The van der Waals surface area contributed by atoms with E-state index in [9.17, 15) is 9.59 Å². The van der Waals surface area contributed by atoms with Gasteiger partial charge in [0.15, 0.2) is 0 Å². The molecular weight excluding hydrogens is 787 g/mol. The number of carboxylic acid groups (broad SMARTS) is 1. The van der Waals surface area contributed by atoms with Gasteiger partial charge in [-0.1, -0.05) is 84.9 Å². The lowest BCUT2D eigenvalue weighted by atomic mass is 10.1. The first-order valence-corrected chi connectivity index (χ1v) is 19.2. The Morgan fingerprint density at radius 3 is 1.79 bits per heavy atom. The number of likely N-dealkylation sites (N-methyl/N-ethyl adjacent to an activating group) is 2. The lowest BCUT2D eigenvalue weighted by Gasteiger charge is -2.15. The second-order valence-electron chi connectivity index (χ2n) is 11.8. The Labute approximate surface area is 367 Å². The number of nitrogens with one attached hydrogen (secondary N) is 5. The topological polar surface area (TPSA) is 237 Å². The van der Waals surface area contributed by atoms with E-state index in [2.05, 4.69) is 105 Å². The maximum Gasteiger partial charge on any atom is 0.290 e. The molecule has 0 saturated heterocycles. The summed E-state index contributed by atoms with van der Waals surface area (Å²) in [5.41, 5.74) is 12.5. The second-order valence-corrected chi connectivity index (χ2v) is 11.8. The summed E-state index contributed by atoms with van der Waals surface area (Å²) in [5, 5.41) is 26.6. The highest BCUT2D eigenvalue weighted by Crippen LogP contribution is 2.24. The van der Waals surface area contributed by atoms with Crippen LogP contribution in [-0.2, 0) is 25.6 Å². The first-order valence-electron chi connectivity index (χ1n) is 19.2. The third kappa shape index (κ3) is 24.4. The average Bonchev–Trinajstić information content (AvgIpc) is 3.85. The van der Waals surface area contributed by atoms with Crippen LogP contribution < -0.4 is 27.0 Å². The molecule has 336 valence electrons. The Morgan fingerprint density at radius 2 is 1.34 bits per heavy atom. The molecule has 0 aliphatic rings. The summed E-state index contributed by atoms with van der Waals surface area (Å²) in [7, 11) is 8.13. The summed E-state index contributed by atoms with van der Waals surface area (Å²) in [4.78, 5) is 53.2. The van der Waals surface area contributed by atoms with Crippen LogP contribution in [0, 0.1) is 0 Å². The van der Waals surface area contributed by atoms with E-state index in [-0.39, 0.29) is 18.6 Å². The number of imidazole rings is 1. The number of nitrogens with two attached hydrogens (primary N) is 1. The predicted molar refractivity (Wildman–Crippen MR) is 255 cm³/mol. The highest BCUT2D eigenvalue weighted by Gasteiger charge is 2.10. The van der Waals surface area contributed by atoms with Gasteiger partial charge in [0.2, 0.25) is 0 Å². The number of nitrogens with zero attached hydrogens (tertiary/aromatic N) is 3. The Kier molecular flexibility index (Phi) is 39.4. The van der Waals surface area contributed by atoms with Crippen LogP contribution in [0.15, 0.2) is 134 Å². The van der Waals surface area contributed by atoms with Crippen LogP contribution in [0.3, 0.4) is 0 Å². The molecule has 0 saturated carbocycles. The van der Waals surface area contributed by atoms with Crippen molar-refractivity contribution in [3.63, 3.8) is 0 Å². The van der Waals surface area contributed by atoms with Gasteiger partial charge in [-0.2, -0.15) is 0 Å². The Morgan fingerprint density at radius 1 is 0.790 bits per heavy atom. The molecule has 0 aliphatic heterocycles. The van der Waals surface area contributed by atoms with Gasteiger partial charge in [-0.3, -0.25) is 14.8 Å². The van der Waals surface area contributed by atoms with Crippen LogP contribution in [-0.4, -0.2) is 106 Å². The van der Waals surface area contributed by atoms with E-state index in [1.807, 2.05) is 106 Å². The number of carbonyl (C=O) groups excluding carboxylic acids is 3. The van der Waals surface area contributed by atoms with Gasteiger partial charge in [-0.15, -0.1) is 13.2 Å². The van der Waals surface area contributed by atoms with E-state index in [0.29, 0.717) is 12.5 Å². The maximum absolute atomic E-state index is 10.5. The number of aromatic nitrogens is 3. The molecule has 3 atom stereocenters. The first kappa shape index (κ1) is 59.6. The Balaban J connectivity index is -0.000000915. The van der Waals surface area contributed by atoms with Crippen molar-refractivity contribution in [1.82, 2.24) is 36.2 Å². The lowest BCUT2D eigenvalue weighted by molar-refractivity contribution is -0.123. The van der Waals surface area contributed by atoms with Crippen LogP contribution in [0.2, 0.25) is 0 Å². The van der Waals surface area contributed by atoms with Gasteiger partial charge in [0.1, 0.15) is 25.2 Å². The standard InChI is InChI=1S/C24H31N7.C9H11NO.C8H8O.C2H4.CH5N.CH2O2.CH4O.CH2O/c1-16(26-4)12-28-22(14-25-3)20-10-11-21(29-13-20)18-6-8-19(9-7-18)23-15-30-24(31-23)17(2)27-5;1-10-9(7-11)8-5-3-2-4-6-8;9-7-6-8-4-2-1-3-5-8;2*1-2;2-1-3;2*1-2/h6-11,13-17,26-28H,3,12H2,1-2,4-5H3,(H,30,31);2-7,9-10H,1H3;1-5,7H,6H2;1-2H2;2H2,1H3;1H,(H,2,3);2H,1H3;1H2/b22-14-;;;;;;;/t16-,17-;;;;;;;/m0......./s1. The summed E-state index contributed by atoms with van der Waals surface area (Å²) < 4.78 is 0. The van der Waals surface area contributed by atoms with E-state index in [1.165, 1.54) is 7.05 Å². The van der Waals surface area contributed by atoms with Gasteiger partial charge in [0.25, 0.3) is 6.47 Å². The van der Waals surface area contributed by atoms with Crippen molar-refractivity contribution in [2.75, 3.05) is 41.8 Å². The SMILES string of the molecule is C=C.C=N/C=C(\NC[C@H](C)NC)c1ccc(-c2ccc(-c3cnc([C@H](C)NC)[nH]3)cc2)nc1.C=O.CN.CNC(C=O)c1ccccc1.CO.O=CCc1ccccc1.O=CO. The van der Waals surface area contributed by atoms with Gasteiger partial charge >= 0.3 is 0 Å². The van der Waals surface area contributed by atoms with Crippen molar-refractivity contribution < 1.29 is 29.4 Å². The fourth-order valence-corrected chi connectivity index (χ4v) is 4.75. The Hall–Kier alpha value is -6.75. The number of pyridine rings is 1. The highest BCUT2D eigenvalue weighted by atomic mass is 16.3. The summed E-state index contributed by atoms with van der Waals surface area (Å²) in [6.07, 6.45) is 7.79. The molecule has 5 rings (SSSR count). The maximum atomic E-state index is 10.5. The quantitative estimate of drug-likeness (QED) is 0.0360. The number of aldehydes is 2. The normalized spacial score (nSPS) is 10.8. The molecule has 0 spiro atoms. The van der Waals surface area contributed by atoms with E-state index in [0.717, 1.165) is 77.0 Å². The van der Waals surface area contributed by atoms with Crippen molar-refractivity contribution in [1.29, 1.82) is 0 Å². The number of carbonyl (C=O) groups is 4. The average molecular weight is 854 g/mol. The van der Waals surface area contributed by atoms with Crippen molar-refractivity contribution in [2.24, 2.45) is 10.7 Å². The van der Waals surface area contributed by atoms with Gasteiger partial charge in [-0.25, -0.2) is 4.98 Å². The van der Waals surface area contributed by atoms with Crippen molar-refractivity contribution in [2.45, 2.75) is 38.4 Å². The van der Waals surface area contributed by atoms with Crippen LogP contribution in [0.25, 0.3) is 28.2 Å². The molecule has 5 aromatic rings. The second kappa shape index (κ2) is 41.0. The molecule has 9 N–H and O–H groups in total. The molecule has 2 heterocycles. The summed E-state index contributed by atoms with van der Waals surface area (Å²) in [5.74, 6) is 0.925. The number of hydrogen-bond donors (Lipinski definition) is 8. The summed E-state index contributed by atoms with van der Waals surface area (Å²) in [6.45, 7) is 16.3. The third-order valence-electron chi connectivity index (χ3n) is 8.08. The molecule has 15 nitrogen and oxygen atoms in total. The molecule has 0 aliphatic carbocycles. The van der Waals surface area contributed by atoms with Crippen molar-refractivity contribution >= 4 is 38.2 Å². The number of H-pyrrole nitrogens is 1. The third-order valence-corrected chi connectivity index (χ3v) is 8.08. The monoisotopic (exact) mass is 854 g/mol. The van der Waals surface area contributed by atoms with E-state index in [4.69, 9.17) is 19.8 Å². The van der Waals surface area contributed by atoms with E-state index >= 15 is 0 Å². The number of hydrogen-bond acceptors (Lipinski definition) is 13. The van der Waals surface area contributed by atoms with Gasteiger partial charge < -0.3 is 56.6 Å². The number of aliphatic imine (C=N–C) groups is 1. The minimum atomic E-state index is -0.250. The minimum absolute atomic E-state index is 0.170. The highest BCUT2D eigenvalue weighted by molar-refractivity contribution is 5.69. The van der Waals surface area contributed by atoms with Gasteiger partial charge in [0.05, 0.1) is 35.4 Å². The number of rotatable bonds is 15. The zero-order chi connectivity index (χ0) is 47.6. The summed E-state index contributed by atoms with van der Waals surface area (Å²) >= 11 is 0. The van der Waals surface area contributed by atoms with E-state index < -0.39 is 0 Å². The van der Waals surface area contributed by atoms with Crippen LogP contribution in [0.1, 0.15) is 48.4 Å². The molecular formula is C47H67N9O6. The van der Waals surface area contributed by atoms with Crippen molar-refractivity contribution in [3.05, 3.63) is 151 Å². The van der Waals surface area contributed by atoms with Crippen molar-refractivity contribution in [3.8, 4) is 22.5 Å². The molecule has 3 aromatic carbocycles. The molecule has 2 aromatic heterocycles. The zero-order valence-electron chi connectivity index (χ0n) is 37.1. The molecule has 0 fully saturated rings. The van der Waals surface area contributed by atoms with E-state index in [1.54, 1.807) is 13.2 Å². The zero-order valence-corrected chi connectivity index (χ0v) is 37.1. The van der Waals surface area contributed by atoms with Gasteiger partial charge in [-0.05, 0) is 77.6 Å². The molecule has 15 heteroatoms. The lowest BCUT2D eigenvalue weighted by Crippen LogP contribution is -2.33. The predicted octanol–water partition coefficient (Wildman–Crippen LogP) is 5.69. The number of benzene rings is 3. The van der Waals surface area contributed by atoms with Crippen LogP contribution in [0.5, 0.6) is 0 Å². The smallest absolute Gasteiger partial charge is 0.290 e. The van der Waals surface area contributed by atoms with Crippen LogP contribution >= 0.6 is 0 Å². The number of aromatic amines is 1. The Bertz CT molecular complexity index is 1860. The number of aliphatic hydroxyl groups excluding tert-OH is 1.